The van der Waals surface area contributed by atoms with Crippen molar-refractivity contribution in [1.29, 1.82) is 0 Å². The molecule has 0 spiro atoms. The monoisotopic (exact) mass is 396 g/mol. The van der Waals surface area contributed by atoms with Crippen LogP contribution in [0, 0.1) is 12.8 Å². The summed E-state index contributed by atoms with van der Waals surface area (Å²) in [6.07, 6.45) is 0. The van der Waals surface area contributed by atoms with E-state index in [1.807, 2.05) is 13.8 Å². The van der Waals surface area contributed by atoms with E-state index >= 15 is 0 Å². The minimum absolute atomic E-state index is 0.0378. The fourth-order valence-corrected chi connectivity index (χ4v) is 3.18. The SMILES string of the molecule is COc1ccc(C(=O)CNc2nc(C)c(C(=O)OCC(C)C)s2)cc1Cl. The number of nitrogens with zero attached hydrogens (tertiary/aromatic N) is 1. The van der Waals surface area contributed by atoms with Crippen molar-refractivity contribution < 1.29 is 19.1 Å². The first-order chi connectivity index (χ1) is 12.3. The number of benzene rings is 1. The van der Waals surface area contributed by atoms with Crippen LogP contribution in [0.3, 0.4) is 0 Å². The van der Waals surface area contributed by atoms with Gasteiger partial charge in [0, 0.05) is 5.56 Å². The predicted octanol–water partition coefficient (Wildman–Crippen LogP) is 4.22. The molecule has 140 valence electrons. The van der Waals surface area contributed by atoms with Crippen molar-refractivity contribution in [2.24, 2.45) is 5.92 Å². The number of hydrogen-bond acceptors (Lipinski definition) is 7. The molecule has 1 aromatic heterocycles. The van der Waals surface area contributed by atoms with Crippen LogP contribution in [0.2, 0.25) is 5.02 Å². The predicted molar refractivity (Wildman–Crippen MR) is 103 cm³/mol. The summed E-state index contributed by atoms with van der Waals surface area (Å²) in [4.78, 5) is 29.1. The number of aryl methyl sites for hydroxylation is 1. The molecule has 0 fully saturated rings. The molecule has 1 N–H and O–H groups in total. The van der Waals surface area contributed by atoms with Crippen LogP contribution in [0.4, 0.5) is 5.13 Å². The van der Waals surface area contributed by atoms with E-state index in [0.717, 1.165) is 0 Å². The topological polar surface area (TPSA) is 77.5 Å². The Morgan fingerprint density at radius 3 is 2.69 bits per heavy atom. The van der Waals surface area contributed by atoms with E-state index in [4.69, 9.17) is 21.1 Å². The molecule has 0 unspecified atom stereocenters. The standard InChI is InChI=1S/C18H21ClN2O4S/c1-10(2)9-25-17(23)16-11(3)21-18(26-16)20-8-14(22)12-5-6-15(24-4)13(19)7-12/h5-7,10H,8-9H2,1-4H3,(H,20,21). The number of Topliss-reactive ketones (excluding diaryl/α,β-unsaturated/α-hetero) is 1. The zero-order chi connectivity index (χ0) is 19.3. The number of esters is 1. The lowest BCUT2D eigenvalue weighted by atomic mass is 10.1. The molecule has 0 atom stereocenters. The smallest absolute Gasteiger partial charge is 0.350 e. The Balaban J connectivity index is 1.99. The van der Waals surface area contributed by atoms with Crippen LogP contribution in [-0.4, -0.2) is 37.0 Å². The van der Waals surface area contributed by atoms with Gasteiger partial charge in [-0.15, -0.1) is 0 Å². The van der Waals surface area contributed by atoms with E-state index in [1.54, 1.807) is 25.1 Å². The summed E-state index contributed by atoms with van der Waals surface area (Å²) in [5.74, 6) is 0.233. The second kappa shape index (κ2) is 9.00. The molecule has 0 amide bonds. The summed E-state index contributed by atoms with van der Waals surface area (Å²) in [6.45, 7) is 6.07. The van der Waals surface area contributed by atoms with Crippen molar-refractivity contribution >= 4 is 39.8 Å². The molecule has 0 aliphatic carbocycles. The van der Waals surface area contributed by atoms with Gasteiger partial charge in [0.2, 0.25) is 0 Å². The number of nitrogens with one attached hydrogen (secondary N) is 1. The average Bonchev–Trinajstić information content (AvgIpc) is 2.98. The maximum absolute atomic E-state index is 12.3. The first-order valence-electron chi connectivity index (χ1n) is 8.07. The number of carbonyl (C=O) groups is 2. The number of aromatic nitrogens is 1. The van der Waals surface area contributed by atoms with Gasteiger partial charge in [0.05, 0.1) is 31.0 Å². The molecule has 0 saturated carbocycles. The molecule has 8 heteroatoms. The highest BCUT2D eigenvalue weighted by molar-refractivity contribution is 7.17. The fraction of sp³-hybridized carbons (Fsp3) is 0.389. The number of rotatable bonds is 8. The van der Waals surface area contributed by atoms with Crippen LogP contribution >= 0.6 is 22.9 Å². The molecular weight excluding hydrogens is 376 g/mol. The Hall–Kier alpha value is -2.12. The van der Waals surface area contributed by atoms with Gasteiger partial charge in [0.15, 0.2) is 10.9 Å². The number of carbonyl (C=O) groups excluding carboxylic acids is 2. The van der Waals surface area contributed by atoms with Crippen LogP contribution in [0.1, 0.15) is 39.6 Å². The van der Waals surface area contributed by atoms with E-state index in [0.29, 0.717) is 38.6 Å². The van der Waals surface area contributed by atoms with Crippen molar-refractivity contribution in [2.75, 3.05) is 25.6 Å². The quantitative estimate of drug-likeness (QED) is 0.531. The van der Waals surface area contributed by atoms with Gasteiger partial charge in [0.1, 0.15) is 10.6 Å². The highest BCUT2D eigenvalue weighted by Crippen LogP contribution is 2.26. The molecule has 1 heterocycles. The molecule has 6 nitrogen and oxygen atoms in total. The number of ketones is 1. The van der Waals surface area contributed by atoms with Crippen LogP contribution in [0.15, 0.2) is 18.2 Å². The van der Waals surface area contributed by atoms with Crippen LogP contribution in [-0.2, 0) is 4.74 Å². The number of ether oxygens (including phenoxy) is 2. The lowest BCUT2D eigenvalue weighted by Crippen LogP contribution is -2.13. The van der Waals surface area contributed by atoms with E-state index < -0.39 is 5.97 Å². The number of halogens is 1. The highest BCUT2D eigenvalue weighted by atomic mass is 35.5. The fourth-order valence-electron chi connectivity index (χ4n) is 2.07. The molecule has 0 aliphatic heterocycles. The summed E-state index contributed by atoms with van der Waals surface area (Å²) < 4.78 is 10.3. The minimum Gasteiger partial charge on any atom is -0.495 e. The summed E-state index contributed by atoms with van der Waals surface area (Å²) in [5, 5.41) is 3.81. The number of methoxy groups -OCH3 is 1. The molecule has 0 aliphatic rings. The van der Waals surface area contributed by atoms with Gasteiger partial charge < -0.3 is 14.8 Å². The van der Waals surface area contributed by atoms with Gasteiger partial charge >= 0.3 is 5.97 Å². The third-order valence-corrected chi connectivity index (χ3v) is 4.79. The van der Waals surface area contributed by atoms with Crippen molar-refractivity contribution in [3.8, 4) is 5.75 Å². The molecule has 0 radical (unpaired) electrons. The van der Waals surface area contributed by atoms with Gasteiger partial charge in [-0.25, -0.2) is 9.78 Å². The Bertz CT molecular complexity index is 804. The number of anilines is 1. The molecule has 2 rings (SSSR count). The second-order valence-electron chi connectivity index (χ2n) is 6.05. The third-order valence-electron chi connectivity index (χ3n) is 3.40. The van der Waals surface area contributed by atoms with E-state index in [9.17, 15) is 9.59 Å². The zero-order valence-corrected chi connectivity index (χ0v) is 16.7. The van der Waals surface area contributed by atoms with Gasteiger partial charge in [-0.05, 0) is 31.0 Å². The van der Waals surface area contributed by atoms with Crippen molar-refractivity contribution in [3.05, 3.63) is 39.4 Å². The molecule has 2 aromatic rings. The van der Waals surface area contributed by atoms with E-state index in [1.165, 1.54) is 18.4 Å². The van der Waals surface area contributed by atoms with E-state index in [2.05, 4.69) is 10.3 Å². The zero-order valence-electron chi connectivity index (χ0n) is 15.1. The molecular formula is C18H21ClN2O4S. The lowest BCUT2D eigenvalue weighted by Gasteiger charge is -2.06. The maximum atomic E-state index is 12.3. The maximum Gasteiger partial charge on any atom is 0.350 e. The molecule has 0 saturated heterocycles. The van der Waals surface area contributed by atoms with E-state index in [-0.39, 0.29) is 18.2 Å². The third kappa shape index (κ3) is 5.19. The normalized spacial score (nSPS) is 10.7. The van der Waals surface area contributed by atoms with Crippen LogP contribution < -0.4 is 10.1 Å². The number of hydrogen-bond donors (Lipinski definition) is 1. The van der Waals surface area contributed by atoms with Crippen molar-refractivity contribution in [1.82, 2.24) is 4.98 Å². The second-order valence-corrected chi connectivity index (χ2v) is 7.46. The van der Waals surface area contributed by atoms with Gasteiger partial charge in [-0.1, -0.05) is 36.8 Å². The Morgan fingerprint density at radius 2 is 2.08 bits per heavy atom. The molecule has 26 heavy (non-hydrogen) atoms. The van der Waals surface area contributed by atoms with Gasteiger partial charge in [-0.2, -0.15) is 0 Å². The highest BCUT2D eigenvalue weighted by Gasteiger charge is 2.18. The Labute approximate surface area is 161 Å². The first-order valence-corrected chi connectivity index (χ1v) is 9.26. The largest absolute Gasteiger partial charge is 0.495 e. The Kier molecular flexibility index (Phi) is 6.99. The summed E-state index contributed by atoms with van der Waals surface area (Å²) in [6, 6.07) is 4.86. The average molecular weight is 397 g/mol. The van der Waals surface area contributed by atoms with Crippen molar-refractivity contribution in [3.63, 3.8) is 0 Å². The minimum atomic E-state index is -0.394. The van der Waals surface area contributed by atoms with Crippen LogP contribution in [0.5, 0.6) is 5.75 Å². The summed E-state index contributed by atoms with van der Waals surface area (Å²) in [5.41, 5.74) is 1.04. The lowest BCUT2D eigenvalue weighted by molar-refractivity contribution is 0.0463. The first kappa shape index (κ1) is 20.2. The van der Waals surface area contributed by atoms with Gasteiger partial charge in [0.25, 0.3) is 0 Å². The Morgan fingerprint density at radius 1 is 1.35 bits per heavy atom. The summed E-state index contributed by atoms with van der Waals surface area (Å²) in [7, 11) is 1.51. The molecule has 1 aromatic carbocycles. The van der Waals surface area contributed by atoms with Gasteiger partial charge in [-0.3, -0.25) is 4.79 Å². The van der Waals surface area contributed by atoms with Crippen LogP contribution in [0.25, 0.3) is 0 Å². The van der Waals surface area contributed by atoms with Crippen molar-refractivity contribution in [2.45, 2.75) is 20.8 Å². The summed E-state index contributed by atoms with van der Waals surface area (Å²) >= 11 is 7.21. The number of thiazole rings is 1. The molecule has 0 bridgehead atoms.